The number of nitrogens with zero attached hydrogens (tertiary/aromatic N) is 2. The molecule has 1 N–H and O–H groups in total. The Kier molecular flexibility index (Phi) is 4.18. The lowest BCUT2D eigenvalue weighted by atomic mass is 10.00. The molecule has 0 aliphatic carbocycles. The Morgan fingerprint density at radius 1 is 1.59 bits per heavy atom. The zero-order valence-electron chi connectivity index (χ0n) is 11.1. The fourth-order valence-electron chi connectivity index (χ4n) is 2.59. The van der Waals surface area contributed by atoms with Gasteiger partial charge in [0.25, 0.3) is 0 Å². The third kappa shape index (κ3) is 3.07. The summed E-state index contributed by atoms with van der Waals surface area (Å²) in [5.74, 6) is 0.675. The van der Waals surface area contributed by atoms with E-state index in [4.69, 9.17) is 4.74 Å². The molecule has 4 nitrogen and oxygen atoms in total. The SMILES string of the molecule is CCC1OCCC1CNCc1cc(C)nn1C. The van der Waals surface area contributed by atoms with Gasteiger partial charge in [0, 0.05) is 26.7 Å². The Labute approximate surface area is 103 Å². The average Bonchev–Trinajstić information content (AvgIpc) is 2.86. The first-order chi connectivity index (χ1) is 8.20. The smallest absolute Gasteiger partial charge is 0.0613 e. The first-order valence-corrected chi connectivity index (χ1v) is 6.52. The minimum atomic E-state index is 0.454. The second kappa shape index (κ2) is 5.65. The number of hydrogen-bond donors (Lipinski definition) is 1. The molecule has 1 aromatic heterocycles. The van der Waals surface area contributed by atoms with Crippen molar-refractivity contribution in [1.29, 1.82) is 0 Å². The van der Waals surface area contributed by atoms with E-state index in [1.165, 1.54) is 12.1 Å². The second-order valence-electron chi connectivity index (χ2n) is 4.90. The summed E-state index contributed by atoms with van der Waals surface area (Å²) in [6.07, 6.45) is 2.77. The van der Waals surface area contributed by atoms with Crippen LogP contribution < -0.4 is 5.32 Å². The predicted molar refractivity (Wildman–Crippen MR) is 67.8 cm³/mol. The lowest BCUT2D eigenvalue weighted by Crippen LogP contribution is -2.28. The van der Waals surface area contributed by atoms with Crippen LogP contribution in [0.2, 0.25) is 0 Å². The molecule has 17 heavy (non-hydrogen) atoms. The Bertz CT molecular complexity index is 362. The Balaban J connectivity index is 1.77. The maximum atomic E-state index is 5.69. The third-order valence-corrected chi connectivity index (χ3v) is 3.56. The highest BCUT2D eigenvalue weighted by molar-refractivity contribution is 5.08. The quantitative estimate of drug-likeness (QED) is 0.846. The van der Waals surface area contributed by atoms with Gasteiger partial charge in [0.1, 0.15) is 0 Å². The maximum Gasteiger partial charge on any atom is 0.0613 e. The van der Waals surface area contributed by atoms with E-state index in [1.54, 1.807) is 0 Å². The van der Waals surface area contributed by atoms with Crippen molar-refractivity contribution in [3.05, 3.63) is 17.5 Å². The van der Waals surface area contributed by atoms with Gasteiger partial charge in [-0.15, -0.1) is 0 Å². The molecule has 0 bridgehead atoms. The van der Waals surface area contributed by atoms with E-state index >= 15 is 0 Å². The average molecular weight is 237 g/mol. The topological polar surface area (TPSA) is 39.1 Å². The van der Waals surface area contributed by atoms with Crippen LogP contribution in [0.4, 0.5) is 0 Å². The lowest BCUT2D eigenvalue weighted by molar-refractivity contribution is 0.0872. The second-order valence-corrected chi connectivity index (χ2v) is 4.90. The normalized spacial score (nSPS) is 24.4. The summed E-state index contributed by atoms with van der Waals surface area (Å²) in [6, 6.07) is 2.13. The Hall–Kier alpha value is -0.870. The molecule has 1 saturated heterocycles. The van der Waals surface area contributed by atoms with Gasteiger partial charge >= 0.3 is 0 Å². The van der Waals surface area contributed by atoms with Gasteiger partial charge in [-0.2, -0.15) is 5.10 Å². The van der Waals surface area contributed by atoms with E-state index in [9.17, 15) is 0 Å². The van der Waals surface area contributed by atoms with Gasteiger partial charge in [-0.25, -0.2) is 0 Å². The summed E-state index contributed by atoms with van der Waals surface area (Å²) in [5.41, 5.74) is 2.33. The minimum Gasteiger partial charge on any atom is -0.378 e. The summed E-state index contributed by atoms with van der Waals surface area (Å²) < 4.78 is 7.64. The van der Waals surface area contributed by atoms with Gasteiger partial charge in [-0.3, -0.25) is 4.68 Å². The van der Waals surface area contributed by atoms with Crippen molar-refractivity contribution in [3.8, 4) is 0 Å². The van der Waals surface area contributed by atoms with Crippen molar-refractivity contribution < 1.29 is 4.74 Å². The van der Waals surface area contributed by atoms with Crippen LogP contribution in [-0.4, -0.2) is 29.0 Å². The molecule has 2 atom stereocenters. The molecule has 0 radical (unpaired) electrons. The van der Waals surface area contributed by atoms with Gasteiger partial charge < -0.3 is 10.1 Å². The first kappa shape index (κ1) is 12.6. The van der Waals surface area contributed by atoms with Crippen molar-refractivity contribution in [1.82, 2.24) is 15.1 Å². The number of ether oxygens (including phenoxy) is 1. The molecule has 1 aliphatic rings. The zero-order chi connectivity index (χ0) is 12.3. The van der Waals surface area contributed by atoms with Crippen molar-refractivity contribution in [2.75, 3.05) is 13.2 Å². The summed E-state index contributed by atoms with van der Waals surface area (Å²) in [5, 5.41) is 7.87. The minimum absolute atomic E-state index is 0.454. The molecule has 4 heteroatoms. The standard InChI is InChI=1S/C13H23N3O/c1-4-13-11(5-6-17-13)8-14-9-12-7-10(2)15-16(12)3/h7,11,13-14H,4-6,8-9H2,1-3H3. The fourth-order valence-corrected chi connectivity index (χ4v) is 2.59. The van der Waals surface area contributed by atoms with Gasteiger partial charge in [-0.1, -0.05) is 6.92 Å². The Morgan fingerprint density at radius 3 is 3.06 bits per heavy atom. The zero-order valence-corrected chi connectivity index (χ0v) is 11.1. The largest absolute Gasteiger partial charge is 0.378 e. The van der Waals surface area contributed by atoms with Crippen LogP contribution in [0.1, 0.15) is 31.2 Å². The first-order valence-electron chi connectivity index (χ1n) is 6.52. The number of aryl methyl sites for hydroxylation is 2. The molecule has 0 aromatic carbocycles. The molecular weight excluding hydrogens is 214 g/mol. The van der Waals surface area contributed by atoms with Crippen molar-refractivity contribution in [2.45, 2.75) is 39.3 Å². The van der Waals surface area contributed by atoms with Crippen LogP contribution >= 0.6 is 0 Å². The molecule has 0 spiro atoms. The van der Waals surface area contributed by atoms with Crippen molar-refractivity contribution >= 4 is 0 Å². The van der Waals surface area contributed by atoms with E-state index in [0.717, 1.165) is 31.8 Å². The van der Waals surface area contributed by atoms with Crippen LogP contribution in [0.5, 0.6) is 0 Å². The monoisotopic (exact) mass is 237 g/mol. The maximum absolute atomic E-state index is 5.69. The number of rotatable bonds is 5. The molecule has 2 rings (SSSR count). The van der Waals surface area contributed by atoms with E-state index < -0.39 is 0 Å². The summed E-state index contributed by atoms with van der Waals surface area (Å²) in [4.78, 5) is 0. The van der Waals surface area contributed by atoms with Gasteiger partial charge in [-0.05, 0) is 31.7 Å². The molecule has 96 valence electrons. The summed E-state index contributed by atoms with van der Waals surface area (Å²) in [6.45, 7) is 7.09. The fraction of sp³-hybridized carbons (Fsp3) is 0.769. The van der Waals surface area contributed by atoms with Crippen LogP contribution in [0.3, 0.4) is 0 Å². The lowest BCUT2D eigenvalue weighted by Gasteiger charge is -2.17. The highest BCUT2D eigenvalue weighted by Crippen LogP contribution is 2.22. The van der Waals surface area contributed by atoms with Gasteiger partial charge in [0.15, 0.2) is 0 Å². The number of aromatic nitrogens is 2. The van der Waals surface area contributed by atoms with Crippen molar-refractivity contribution in [2.24, 2.45) is 13.0 Å². The third-order valence-electron chi connectivity index (χ3n) is 3.56. The molecule has 0 saturated carbocycles. The van der Waals surface area contributed by atoms with E-state index in [2.05, 4.69) is 23.4 Å². The van der Waals surface area contributed by atoms with E-state index in [-0.39, 0.29) is 0 Å². The summed E-state index contributed by atoms with van der Waals surface area (Å²) >= 11 is 0. The van der Waals surface area contributed by atoms with Crippen LogP contribution in [-0.2, 0) is 18.3 Å². The predicted octanol–water partition coefficient (Wildman–Crippen LogP) is 1.63. The number of hydrogen-bond acceptors (Lipinski definition) is 3. The van der Waals surface area contributed by atoms with Crippen LogP contribution in [0, 0.1) is 12.8 Å². The Morgan fingerprint density at radius 2 is 2.41 bits per heavy atom. The van der Waals surface area contributed by atoms with E-state index in [0.29, 0.717) is 12.0 Å². The summed E-state index contributed by atoms with van der Waals surface area (Å²) in [7, 11) is 2.00. The molecular formula is C13H23N3O. The van der Waals surface area contributed by atoms with Gasteiger partial charge in [0.05, 0.1) is 17.5 Å². The molecule has 0 amide bonds. The molecule has 1 aliphatic heterocycles. The number of nitrogens with one attached hydrogen (secondary N) is 1. The highest BCUT2D eigenvalue weighted by atomic mass is 16.5. The van der Waals surface area contributed by atoms with Crippen LogP contribution in [0.25, 0.3) is 0 Å². The highest BCUT2D eigenvalue weighted by Gasteiger charge is 2.25. The van der Waals surface area contributed by atoms with Gasteiger partial charge in [0.2, 0.25) is 0 Å². The van der Waals surface area contributed by atoms with Crippen LogP contribution in [0.15, 0.2) is 6.07 Å². The molecule has 2 unspecified atom stereocenters. The molecule has 1 aromatic rings. The van der Waals surface area contributed by atoms with Crippen molar-refractivity contribution in [3.63, 3.8) is 0 Å². The molecule has 2 heterocycles. The van der Waals surface area contributed by atoms with E-state index in [1.807, 2.05) is 18.7 Å². The molecule has 1 fully saturated rings.